The summed E-state index contributed by atoms with van der Waals surface area (Å²) in [7, 11) is 0. The molecule has 2 aromatic rings. The number of furan rings is 1. The molecule has 0 fully saturated rings. The molecule has 1 atom stereocenters. The van der Waals surface area contributed by atoms with Gasteiger partial charge in [-0.15, -0.1) is 0 Å². The van der Waals surface area contributed by atoms with E-state index in [0.29, 0.717) is 12.1 Å². The Bertz CT molecular complexity index is 653. The van der Waals surface area contributed by atoms with Gasteiger partial charge in [0.25, 0.3) is 5.91 Å². The van der Waals surface area contributed by atoms with Crippen molar-refractivity contribution < 1.29 is 31.9 Å². The molecule has 1 unspecified atom stereocenters. The first-order chi connectivity index (χ1) is 10.3. The molecule has 0 saturated carbocycles. The third-order valence-corrected chi connectivity index (χ3v) is 2.86. The van der Waals surface area contributed by atoms with E-state index < -0.39 is 29.6 Å². The largest absolute Gasteiger partial charge is 0.467 e. The lowest BCUT2D eigenvalue weighted by molar-refractivity contribution is -0.140. The zero-order valence-corrected chi connectivity index (χ0v) is 11.0. The summed E-state index contributed by atoms with van der Waals surface area (Å²) in [5, 5.41) is 11.9. The highest BCUT2D eigenvalue weighted by molar-refractivity contribution is 5.94. The van der Waals surface area contributed by atoms with Crippen LogP contribution >= 0.6 is 0 Å². The number of aliphatic hydroxyl groups excluding tert-OH is 1. The molecule has 4 nitrogen and oxygen atoms in total. The predicted molar refractivity (Wildman–Crippen MR) is 67.4 cm³/mol. The molecule has 0 aliphatic heterocycles. The molecule has 0 aliphatic carbocycles. The van der Waals surface area contributed by atoms with Gasteiger partial charge in [-0.25, -0.2) is 4.39 Å². The molecular formula is C14H11F4NO3. The van der Waals surface area contributed by atoms with Crippen LogP contribution in [0.4, 0.5) is 17.6 Å². The maximum atomic E-state index is 13.1. The Hall–Kier alpha value is -2.35. The number of carbonyl (C=O) groups excluding carboxylic acids is 1. The lowest BCUT2D eigenvalue weighted by atomic mass is 10.1. The monoisotopic (exact) mass is 317 g/mol. The van der Waals surface area contributed by atoms with Gasteiger partial charge in [0.05, 0.1) is 18.4 Å². The highest BCUT2D eigenvalue weighted by Crippen LogP contribution is 2.31. The van der Waals surface area contributed by atoms with Crippen LogP contribution in [0, 0.1) is 5.82 Å². The number of halogens is 4. The standard InChI is InChI=1S/C14H11F4NO3/c15-10-4-3-8(6-9(10)14(16,17)18)13(21)19-7-11(20)12-2-1-5-22-12/h1-6,11,20H,7H2,(H,19,21). The normalized spacial score (nSPS) is 13.0. The number of hydrogen-bond acceptors (Lipinski definition) is 3. The van der Waals surface area contributed by atoms with Gasteiger partial charge in [-0.2, -0.15) is 13.2 Å². The molecule has 118 valence electrons. The van der Waals surface area contributed by atoms with Crippen molar-refractivity contribution >= 4 is 5.91 Å². The topological polar surface area (TPSA) is 62.5 Å². The van der Waals surface area contributed by atoms with E-state index in [0.717, 1.165) is 6.07 Å². The smallest absolute Gasteiger partial charge is 0.419 e. The van der Waals surface area contributed by atoms with Gasteiger partial charge < -0.3 is 14.8 Å². The molecule has 1 amide bonds. The highest BCUT2D eigenvalue weighted by atomic mass is 19.4. The zero-order chi connectivity index (χ0) is 16.3. The summed E-state index contributed by atoms with van der Waals surface area (Å²) in [5.41, 5.74) is -1.88. The number of carbonyl (C=O) groups is 1. The van der Waals surface area contributed by atoms with Crippen molar-refractivity contribution in [2.75, 3.05) is 6.54 Å². The lowest BCUT2D eigenvalue weighted by Crippen LogP contribution is -2.28. The van der Waals surface area contributed by atoms with Crippen molar-refractivity contribution in [3.8, 4) is 0 Å². The first-order valence-electron chi connectivity index (χ1n) is 6.15. The number of aliphatic hydroxyl groups is 1. The lowest BCUT2D eigenvalue weighted by Gasteiger charge is -2.12. The molecule has 0 saturated heterocycles. The second-order valence-electron chi connectivity index (χ2n) is 4.43. The molecular weight excluding hydrogens is 306 g/mol. The van der Waals surface area contributed by atoms with Gasteiger partial charge in [0.15, 0.2) is 0 Å². The van der Waals surface area contributed by atoms with Gasteiger partial charge in [-0.1, -0.05) is 0 Å². The molecule has 2 rings (SSSR count). The van der Waals surface area contributed by atoms with Crippen LogP contribution in [0.3, 0.4) is 0 Å². The number of benzene rings is 1. The van der Waals surface area contributed by atoms with Crippen molar-refractivity contribution in [3.05, 3.63) is 59.3 Å². The van der Waals surface area contributed by atoms with Gasteiger partial charge >= 0.3 is 6.18 Å². The second kappa shape index (κ2) is 6.18. The van der Waals surface area contributed by atoms with Crippen molar-refractivity contribution in [2.24, 2.45) is 0 Å². The maximum Gasteiger partial charge on any atom is 0.419 e. The zero-order valence-electron chi connectivity index (χ0n) is 11.0. The molecule has 0 aliphatic rings. The summed E-state index contributed by atoms with van der Waals surface area (Å²) in [6.45, 7) is -0.259. The van der Waals surface area contributed by atoms with Gasteiger partial charge in [0, 0.05) is 5.56 Å². The Morgan fingerprint density at radius 1 is 1.32 bits per heavy atom. The number of rotatable bonds is 4. The van der Waals surface area contributed by atoms with Crippen molar-refractivity contribution in [1.29, 1.82) is 0 Å². The quantitative estimate of drug-likeness (QED) is 0.852. The third-order valence-electron chi connectivity index (χ3n) is 2.86. The molecule has 0 spiro atoms. The van der Waals surface area contributed by atoms with Crippen molar-refractivity contribution in [2.45, 2.75) is 12.3 Å². The van der Waals surface area contributed by atoms with Crippen LogP contribution in [0.25, 0.3) is 0 Å². The van der Waals surface area contributed by atoms with E-state index in [1.54, 1.807) is 0 Å². The minimum atomic E-state index is -4.89. The average molecular weight is 317 g/mol. The van der Waals surface area contributed by atoms with Gasteiger partial charge in [0.2, 0.25) is 0 Å². The van der Waals surface area contributed by atoms with E-state index >= 15 is 0 Å². The van der Waals surface area contributed by atoms with Crippen LogP contribution in [0.5, 0.6) is 0 Å². The highest BCUT2D eigenvalue weighted by Gasteiger charge is 2.34. The van der Waals surface area contributed by atoms with E-state index in [4.69, 9.17) is 4.42 Å². The number of alkyl halides is 3. The minimum Gasteiger partial charge on any atom is -0.467 e. The Kier molecular flexibility index (Phi) is 4.51. The number of amides is 1. The van der Waals surface area contributed by atoms with Crippen LogP contribution in [0.2, 0.25) is 0 Å². The molecule has 1 aromatic heterocycles. The Morgan fingerprint density at radius 2 is 2.05 bits per heavy atom. The molecule has 22 heavy (non-hydrogen) atoms. The SMILES string of the molecule is O=C(NCC(O)c1ccco1)c1ccc(F)c(C(F)(F)F)c1. The molecule has 8 heteroatoms. The minimum absolute atomic E-state index is 0.204. The van der Waals surface area contributed by atoms with Crippen LogP contribution in [-0.2, 0) is 6.18 Å². The van der Waals surface area contributed by atoms with Gasteiger partial charge in [0.1, 0.15) is 17.7 Å². The summed E-state index contributed by atoms with van der Waals surface area (Å²) in [4.78, 5) is 11.8. The summed E-state index contributed by atoms with van der Waals surface area (Å²) in [5.74, 6) is -2.12. The van der Waals surface area contributed by atoms with Crippen LogP contribution in [0.1, 0.15) is 27.8 Å². The first kappa shape index (κ1) is 16.0. The molecule has 0 bridgehead atoms. The van der Waals surface area contributed by atoms with Gasteiger partial charge in [-0.3, -0.25) is 4.79 Å². The average Bonchev–Trinajstić information content (AvgIpc) is 2.97. The van der Waals surface area contributed by atoms with Crippen LogP contribution in [0.15, 0.2) is 41.0 Å². The fourth-order valence-electron chi connectivity index (χ4n) is 1.76. The fraction of sp³-hybridized carbons (Fsp3) is 0.214. The second-order valence-corrected chi connectivity index (χ2v) is 4.43. The van der Waals surface area contributed by atoms with Gasteiger partial charge in [-0.05, 0) is 30.3 Å². The van der Waals surface area contributed by atoms with E-state index in [9.17, 15) is 27.5 Å². The summed E-state index contributed by atoms with van der Waals surface area (Å²) in [6, 6.07) is 4.94. The summed E-state index contributed by atoms with van der Waals surface area (Å²) < 4.78 is 55.7. The van der Waals surface area contributed by atoms with Crippen molar-refractivity contribution in [1.82, 2.24) is 5.32 Å². The van der Waals surface area contributed by atoms with E-state index in [2.05, 4.69) is 5.32 Å². The first-order valence-corrected chi connectivity index (χ1v) is 6.15. The Balaban J connectivity index is 2.07. The maximum absolute atomic E-state index is 13.1. The molecule has 1 aromatic carbocycles. The van der Waals surface area contributed by atoms with E-state index in [1.165, 1.54) is 18.4 Å². The van der Waals surface area contributed by atoms with Crippen LogP contribution in [-0.4, -0.2) is 17.6 Å². The molecule has 0 radical (unpaired) electrons. The summed E-state index contributed by atoms with van der Waals surface area (Å²) >= 11 is 0. The Morgan fingerprint density at radius 3 is 2.64 bits per heavy atom. The van der Waals surface area contributed by atoms with E-state index in [-0.39, 0.29) is 17.9 Å². The third kappa shape index (κ3) is 3.64. The Labute approximate surface area is 122 Å². The predicted octanol–water partition coefficient (Wildman–Crippen LogP) is 2.90. The van der Waals surface area contributed by atoms with Crippen LogP contribution < -0.4 is 5.32 Å². The summed E-state index contributed by atoms with van der Waals surface area (Å²) in [6.07, 6.45) is -4.70. The molecule has 2 N–H and O–H groups in total. The molecule has 1 heterocycles. The fourth-order valence-corrected chi connectivity index (χ4v) is 1.76. The number of nitrogens with one attached hydrogen (secondary N) is 1. The van der Waals surface area contributed by atoms with E-state index in [1.807, 2.05) is 0 Å². The number of hydrogen-bond donors (Lipinski definition) is 2. The van der Waals surface area contributed by atoms with Crippen molar-refractivity contribution in [3.63, 3.8) is 0 Å².